The van der Waals surface area contributed by atoms with Gasteiger partial charge >= 0.3 is 6.03 Å². The molecule has 1 heterocycles. The summed E-state index contributed by atoms with van der Waals surface area (Å²) in [6.07, 6.45) is 1.63. The molecule has 7 nitrogen and oxygen atoms in total. The van der Waals surface area contributed by atoms with E-state index in [4.69, 9.17) is 20.9 Å². The number of amides is 2. The van der Waals surface area contributed by atoms with Gasteiger partial charge in [-0.1, -0.05) is 22.8 Å². The maximum atomic E-state index is 12.6. The number of halogens is 1. The molecule has 2 aromatic carbocycles. The lowest BCUT2D eigenvalue weighted by Crippen LogP contribution is -2.34. The number of ether oxygens (including phenoxy) is 1. The molecule has 2 amide bonds. The van der Waals surface area contributed by atoms with Crippen molar-refractivity contribution in [1.29, 1.82) is 0 Å². The normalized spacial score (nSPS) is 10.4. The highest BCUT2D eigenvalue weighted by Gasteiger charge is 2.17. The molecule has 1 aromatic heterocycles. The summed E-state index contributed by atoms with van der Waals surface area (Å²) in [4.78, 5) is 18.4. The number of hydrogen-bond donors (Lipinski definition) is 1. The van der Waals surface area contributed by atoms with E-state index in [1.54, 1.807) is 37.5 Å². The minimum atomic E-state index is -0.314. The maximum Gasteiger partial charge on any atom is 0.322 e. The van der Waals surface area contributed by atoms with Crippen molar-refractivity contribution in [2.45, 2.75) is 6.54 Å². The Bertz CT molecular complexity index is 939. The molecular weight excluding hydrogens is 380 g/mol. The zero-order valence-electron chi connectivity index (χ0n) is 15.3. The van der Waals surface area contributed by atoms with Gasteiger partial charge in [-0.25, -0.2) is 4.79 Å². The fourth-order valence-corrected chi connectivity index (χ4v) is 2.58. The molecule has 0 saturated carbocycles. The number of urea groups is 1. The van der Waals surface area contributed by atoms with E-state index in [0.717, 1.165) is 11.3 Å². The fraction of sp³-hybridized carbons (Fsp3) is 0.150. The van der Waals surface area contributed by atoms with Crippen molar-refractivity contribution >= 4 is 23.3 Å². The Morgan fingerprint density at radius 2 is 1.96 bits per heavy atom. The molecule has 3 rings (SSSR count). The molecule has 0 radical (unpaired) electrons. The second-order valence-electron chi connectivity index (χ2n) is 5.85. The van der Waals surface area contributed by atoms with Gasteiger partial charge in [0.1, 0.15) is 12.3 Å². The number of hydrogen-bond acceptors (Lipinski definition) is 5. The Kier molecular flexibility index (Phi) is 6.29. The maximum absolute atomic E-state index is 12.6. The first-order chi connectivity index (χ1) is 13.6. The average Bonchev–Trinajstić information content (AvgIpc) is 3.18. The van der Waals surface area contributed by atoms with Crippen molar-refractivity contribution < 1.29 is 14.1 Å². The minimum absolute atomic E-state index is 0.147. The zero-order chi connectivity index (χ0) is 19.9. The third-order valence-electron chi connectivity index (χ3n) is 3.87. The first-order valence-electron chi connectivity index (χ1n) is 8.48. The number of aromatic nitrogens is 2. The summed E-state index contributed by atoms with van der Waals surface area (Å²) in [7, 11) is 1.60. The fourth-order valence-electron chi connectivity index (χ4n) is 2.45. The van der Waals surface area contributed by atoms with Crippen molar-refractivity contribution in [3.05, 3.63) is 72.1 Å². The number of carbonyl (C=O) groups excluding carboxylic acids is 1. The molecule has 1 N–H and O–H groups in total. The predicted octanol–water partition coefficient (Wildman–Crippen LogP) is 4.62. The van der Waals surface area contributed by atoms with Gasteiger partial charge in [-0.05, 0) is 48.5 Å². The highest BCUT2D eigenvalue weighted by atomic mass is 35.5. The Hall–Kier alpha value is -3.32. The molecule has 0 bridgehead atoms. The van der Waals surface area contributed by atoms with Crippen LogP contribution in [0.2, 0.25) is 5.02 Å². The van der Waals surface area contributed by atoms with Crippen LogP contribution >= 0.6 is 11.6 Å². The molecule has 0 aliphatic rings. The summed E-state index contributed by atoms with van der Waals surface area (Å²) in [6, 6.07) is 13.8. The van der Waals surface area contributed by atoms with Crippen LogP contribution in [0.5, 0.6) is 5.75 Å². The molecule has 3 aromatic rings. The smallest absolute Gasteiger partial charge is 0.322 e. The van der Waals surface area contributed by atoms with Gasteiger partial charge in [0.2, 0.25) is 11.7 Å². The molecule has 144 valence electrons. The molecule has 0 aliphatic heterocycles. The highest BCUT2D eigenvalue weighted by Crippen LogP contribution is 2.20. The first kappa shape index (κ1) is 19.4. The Balaban J connectivity index is 1.69. The van der Waals surface area contributed by atoms with E-state index in [0.29, 0.717) is 29.0 Å². The van der Waals surface area contributed by atoms with E-state index in [1.165, 1.54) is 4.90 Å². The van der Waals surface area contributed by atoms with Crippen LogP contribution in [0.4, 0.5) is 10.5 Å². The first-order valence-corrected chi connectivity index (χ1v) is 8.86. The number of benzene rings is 2. The van der Waals surface area contributed by atoms with E-state index in [2.05, 4.69) is 22.0 Å². The summed E-state index contributed by atoms with van der Waals surface area (Å²) in [5, 5.41) is 7.38. The third kappa shape index (κ3) is 4.89. The van der Waals surface area contributed by atoms with Gasteiger partial charge in [-0.3, -0.25) is 0 Å². The van der Waals surface area contributed by atoms with Gasteiger partial charge in [0, 0.05) is 22.8 Å². The molecule has 28 heavy (non-hydrogen) atoms. The number of rotatable bonds is 7. The standard InChI is InChI=1S/C20H19ClN4O3/c1-3-12-25(20(26)22-16-8-6-15(21)7-9-16)13-18-23-19(24-28-18)14-4-10-17(27-2)11-5-14/h3-11H,1,12-13H2,2H3,(H,22,26). The van der Waals surface area contributed by atoms with Crippen LogP contribution in [0.3, 0.4) is 0 Å². The van der Waals surface area contributed by atoms with Crippen LogP contribution in [0.1, 0.15) is 5.89 Å². The van der Waals surface area contributed by atoms with Crippen molar-refractivity contribution in [2.75, 3.05) is 19.0 Å². The second kappa shape index (κ2) is 9.05. The number of anilines is 1. The molecule has 0 saturated heterocycles. The summed E-state index contributed by atoms with van der Waals surface area (Å²) >= 11 is 5.87. The van der Waals surface area contributed by atoms with Crippen LogP contribution in [0.15, 0.2) is 65.7 Å². The van der Waals surface area contributed by atoms with Gasteiger partial charge in [0.05, 0.1) is 7.11 Å². The van der Waals surface area contributed by atoms with Gasteiger partial charge in [0.15, 0.2) is 0 Å². The number of nitrogens with zero attached hydrogens (tertiary/aromatic N) is 3. The minimum Gasteiger partial charge on any atom is -0.497 e. The Morgan fingerprint density at radius 3 is 2.61 bits per heavy atom. The van der Waals surface area contributed by atoms with Gasteiger partial charge in [0.25, 0.3) is 0 Å². The van der Waals surface area contributed by atoms with E-state index in [-0.39, 0.29) is 12.6 Å². The number of nitrogens with one attached hydrogen (secondary N) is 1. The van der Waals surface area contributed by atoms with Crippen molar-refractivity contribution in [3.8, 4) is 17.1 Å². The number of carbonyl (C=O) groups is 1. The molecular formula is C20H19ClN4O3. The SMILES string of the molecule is C=CCN(Cc1nc(-c2ccc(OC)cc2)no1)C(=O)Nc1ccc(Cl)cc1. The average molecular weight is 399 g/mol. The van der Waals surface area contributed by atoms with Crippen molar-refractivity contribution in [3.63, 3.8) is 0 Å². The number of methoxy groups -OCH3 is 1. The summed E-state index contributed by atoms with van der Waals surface area (Å²) in [5.74, 6) is 1.50. The lowest BCUT2D eigenvalue weighted by atomic mass is 10.2. The molecule has 0 unspecified atom stereocenters. The van der Waals surface area contributed by atoms with E-state index in [1.807, 2.05) is 24.3 Å². The molecule has 0 aliphatic carbocycles. The van der Waals surface area contributed by atoms with Crippen LogP contribution in [0, 0.1) is 0 Å². The van der Waals surface area contributed by atoms with Crippen LogP contribution in [-0.2, 0) is 6.54 Å². The summed E-state index contributed by atoms with van der Waals surface area (Å²) < 4.78 is 10.4. The van der Waals surface area contributed by atoms with E-state index >= 15 is 0 Å². The lowest BCUT2D eigenvalue weighted by Gasteiger charge is -2.19. The topological polar surface area (TPSA) is 80.5 Å². The van der Waals surface area contributed by atoms with Crippen LogP contribution in [0.25, 0.3) is 11.4 Å². The van der Waals surface area contributed by atoms with Crippen LogP contribution < -0.4 is 10.1 Å². The van der Waals surface area contributed by atoms with Crippen molar-refractivity contribution in [1.82, 2.24) is 15.0 Å². The Labute approximate surface area is 167 Å². The largest absolute Gasteiger partial charge is 0.497 e. The van der Waals surface area contributed by atoms with E-state index in [9.17, 15) is 4.79 Å². The van der Waals surface area contributed by atoms with Gasteiger partial charge in [-0.2, -0.15) is 4.98 Å². The van der Waals surface area contributed by atoms with Gasteiger partial charge in [-0.15, -0.1) is 6.58 Å². The predicted molar refractivity (Wildman–Crippen MR) is 107 cm³/mol. The van der Waals surface area contributed by atoms with Crippen molar-refractivity contribution in [2.24, 2.45) is 0 Å². The molecule has 0 spiro atoms. The monoisotopic (exact) mass is 398 g/mol. The lowest BCUT2D eigenvalue weighted by molar-refractivity contribution is 0.206. The summed E-state index contributed by atoms with van der Waals surface area (Å²) in [5.41, 5.74) is 1.42. The third-order valence-corrected chi connectivity index (χ3v) is 4.13. The highest BCUT2D eigenvalue weighted by molar-refractivity contribution is 6.30. The molecule has 0 fully saturated rings. The van der Waals surface area contributed by atoms with Crippen LogP contribution in [-0.4, -0.2) is 34.7 Å². The molecule has 0 atom stereocenters. The summed E-state index contributed by atoms with van der Waals surface area (Å²) in [6.45, 7) is 4.16. The second-order valence-corrected chi connectivity index (χ2v) is 6.28. The quantitative estimate of drug-likeness (QED) is 0.587. The van der Waals surface area contributed by atoms with Gasteiger partial charge < -0.3 is 19.5 Å². The Morgan fingerprint density at radius 1 is 1.25 bits per heavy atom. The van der Waals surface area contributed by atoms with E-state index < -0.39 is 0 Å². The molecule has 8 heteroatoms. The zero-order valence-corrected chi connectivity index (χ0v) is 16.0.